The van der Waals surface area contributed by atoms with Gasteiger partial charge in [-0.25, -0.2) is 4.79 Å². The number of methoxy groups -OCH3 is 1. The van der Waals surface area contributed by atoms with Crippen LogP contribution in [0.4, 0.5) is 0 Å². The SMILES string of the molecule is COC(=O)CC(C)C(=O)N[C@H](C(=O)OCc1ccccc1)C(C)OCc1ccccc1. The Kier molecular flexibility index (Phi) is 9.71. The van der Waals surface area contributed by atoms with E-state index < -0.39 is 35.9 Å². The van der Waals surface area contributed by atoms with E-state index in [1.807, 2.05) is 60.7 Å². The first-order valence-electron chi connectivity index (χ1n) is 10.1. The Balaban J connectivity index is 2.04. The van der Waals surface area contributed by atoms with Crippen LogP contribution in [0.3, 0.4) is 0 Å². The summed E-state index contributed by atoms with van der Waals surface area (Å²) in [5.74, 6) is -2.23. The Morgan fingerprint density at radius 2 is 1.42 bits per heavy atom. The molecule has 0 saturated carbocycles. The lowest BCUT2D eigenvalue weighted by molar-refractivity contribution is -0.154. The fraction of sp³-hybridized carbons (Fsp3) is 0.375. The van der Waals surface area contributed by atoms with E-state index in [1.165, 1.54) is 7.11 Å². The third kappa shape index (κ3) is 8.22. The molecule has 0 heterocycles. The molecular weight excluding hydrogens is 398 g/mol. The molecule has 2 aromatic rings. The van der Waals surface area contributed by atoms with Crippen molar-refractivity contribution < 1.29 is 28.6 Å². The molecule has 0 spiro atoms. The number of ether oxygens (including phenoxy) is 3. The number of rotatable bonds is 11. The summed E-state index contributed by atoms with van der Waals surface area (Å²) in [6.45, 7) is 3.64. The van der Waals surface area contributed by atoms with Crippen LogP contribution in [0.2, 0.25) is 0 Å². The standard InChI is InChI=1S/C24H29NO6/c1-17(14-21(26)29-3)23(27)25-22(18(2)30-15-19-10-6-4-7-11-19)24(28)31-16-20-12-8-5-9-13-20/h4-13,17-18,22H,14-16H2,1-3H3,(H,25,27)/t17?,18?,22-/m0/s1. The number of carbonyl (C=O) groups is 3. The highest BCUT2D eigenvalue weighted by Gasteiger charge is 2.31. The van der Waals surface area contributed by atoms with Crippen molar-refractivity contribution in [3.05, 3.63) is 71.8 Å². The second kappa shape index (κ2) is 12.5. The average Bonchev–Trinajstić information content (AvgIpc) is 2.80. The lowest BCUT2D eigenvalue weighted by Gasteiger charge is -2.25. The minimum Gasteiger partial charge on any atom is -0.469 e. The van der Waals surface area contributed by atoms with E-state index in [4.69, 9.17) is 9.47 Å². The minimum atomic E-state index is -1.03. The zero-order valence-corrected chi connectivity index (χ0v) is 18.1. The van der Waals surface area contributed by atoms with E-state index >= 15 is 0 Å². The van der Waals surface area contributed by atoms with Crippen molar-refractivity contribution in [1.82, 2.24) is 5.32 Å². The molecule has 1 N–H and O–H groups in total. The Hall–Kier alpha value is -3.19. The van der Waals surface area contributed by atoms with Crippen LogP contribution in [0, 0.1) is 5.92 Å². The van der Waals surface area contributed by atoms with Crippen LogP contribution in [-0.2, 0) is 41.8 Å². The van der Waals surface area contributed by atoms with Crippen molar-refractivity contribution in [2.24, 2.45) is 5.92 Å². The number of benzene rings is 2. The van der Waals surface area contributed by atoms with Gasteiger partial charge >= 0.3 is 11.9 Å². The predicted molar refractivity (Wildman–Crippen MR) is 115 cm³/mol. The molecule has 0 aliphatic carbocycles. The Morgan fingerprint density at radius 1 is 0.871 bits per heavy atom. The zero-order valence-electron chi connectivity index (χ0n) is 18.1. The van der Waals surface area contributed by atoms with Gasteiger partial charge in [0.25, 0.3) is 0 Å². The third-order valence-electron chi connectivity index (χ3n) is 4.75. The van der Waals surface area contributed by atoms with E-state index in [0.29, 0.717) is 0 Å². The van der Waals surface area contributed by atoms with E-state index in [9.17, 15) is 14.4 Å². The number of esters is 2. The molecule has 166 valence electrons. The summed E-state index contributed by atoms with van der Waals surface area (Å²) in [4.78, 5) is 36.9. The van der Waals surface area contributed by atoms with Crippen LogP contribution in [0.25, 0.3) is 0 Å². The molecule has 0 radical (unpaired) electrons. The fourth-order valence-electron chi connectivity index (χ4n) is 2.81. The highest BCUT2D eigenvalue weighted by molar-refractivity contribution is 5.88. The summed E-state index contributed by atoms with van der Waals surface area (Å²) in [6.07, 6.45) is -0.745. The molecule has 0 fully saturated rings. The van der Waals surface area contributed by atoms with Crippen molar-refractivity contribution in [2.45, 2.75) is 45.6 Å². The van der Waals surface area contributed by atoms with Crippen LogP contribution in [-0.4, -0.2) is 37.1 Å². The van der Waals surface area contributed by atoms with E-state index in [1.54, 1.807) is 13.8 Å². The largest absolute Gasteiger partial charge is 0.469 e. The third-order valence-corrected chi connectivity index (χ3v) is 4.75. The lowest BCUT2D eigenvalue weighted by Crippen LogP contribution is -2.51. The second-order valence-corrected chi connectivity index (χ2v) is 7.26. The topological polar surface area (TPSA) is 90.9 Å². The van der Waals surface area contributed by atoms with Crippen LogP contribution in [0.1, 0.15) is 31.4 Å². The molecular formula is C24H29NO6. The van der Waals surface area contributed by atoms with E-state index in [2.05, 4.69) is 10.1 Å². The number of amides is 1. The molecule has 31 heavy (non-hydrogen) atoms. The van der Waals surface area contributed by atoms with Gasteiger partial charge in [-0.1, -0.05) is 67.6 Å². The van der Waals surface area contributed by atoms with Crippen molar-refractivity contribution in [1.29, 1.82) is 0 Å². The molecule has 0 saturated heterocycles. The molecule has 0 bridgehead atoms. The molecule has 0 aliphatic heterocycles. The molecule has 1 amide bonds. The van der Waals surface area contributed by atoms with Gasteiger partial charge in [0.15, 0.2) is 6.04 Å². The van der Waals surface area contributed by atoms with Gasteiger partial charge in [0.05, 0.1) is 26.2 Å². The monoisotopic (exact) mass is 427 g/mol. The first-order valence-corrected chi connectivity index (χ1v) is 10.1. The number of carbonyl (C=O) groups excluding carboxylic acids is 3. The van der Waals surface area contributed by atoms with E-state index in [0.717, 1.165) is 11.1 Å². The zero-order chi connectivity index (χ0) is 22.6. The summed E-state index contributed by atoms with van der Waals surface area (Å²) in [6, 6.07) is 17.7. The van der Waals surface area contributed by atoms with E-state index in [-0.39, 0.29) is 19.6 Å². The van der Waals surface area contributed by atoms with Crippen LogP contribution < -0.4 is 5.32 Å². The Morgan fingerprint density at radius 3 is 1.97 bits per heavy atom. The normalized spacial score (nSPS) is 13.5. The average molecular weight is 427 g/mol. The molecule has 3 atom stereocenters. The Bertz CT molecular complexity index is 840. The van der Waals surface area contributed by atoms with Crippen molar-refractivity contribution in [3.63, 3.8) is 0 Å². The molecule has 0 aliphatic rings. The highest BCUT2D eigenvalue weighted by Crippen LogP contribution is 2.11. The Labute approximate surface area is 182 Å². The highest BCUT2D eigenvalue weighted by atomic mass is 16.5. The van der Waals surface area contributed by atoms with Gasteiger partial charge in [0, 0.05) is 5.92 Å². The molecule has 2 unspecified atom stereocenters. The summed E-state index contributed by atoms with van der Waals surface area (Å²) in [5, 5.41) is 2.67. The maximum atomic E-state index is 12.8. The number of hydrogen-bond acceptors (Lipinski definition) is 6. The van der Waals surface area contributed by atoms with Crippen molar-refractivity contribution >= 4 is 17.8 Å². The molecule has 2 aromatic carbocycles. The first kappa shape index (κ1) is 24.1. The van der Waals surface area contributed by atoms with Gasteiger partial charge in [-0.05, 0) is 18.1 Å². The van der Waals surface area contributed by atoms with Gasteiger partial charge < -0.3 is 19.5 Å². The maximum Gasteiger partial charge on any atom is 0.331 e. The summed E-state index contributed by atoms with van der Waals surface area (Å²) in [5.41, 5.74) is 1.77. The summed E-state index contributed by atoms with van der Waals surface area (Å²) < 4.78 is 15.9. The molecule has 0 aromatic heterocycles. The van der Waals surface area contributed by atoms with Gasteiger partial charge in [0.2, 0.25) is 5.91 Å². The van der Waals surface area contributed by atoms with Gasteiger partial charge in [-0.15, -0.1) is 0 Å². The van der Waals surface area contributed by atoms with Crippen LogP contribution in [0.5, 0.6) is 0 Å². The predicted octanol–water partition coefficient (Wildman–Crippen LogP) is 3.02. The number of hydrogen-bond donors (Lipinski definition) is 1. The second-order valence-electron chi connectivity index (χ2n) is 7.26. The fourth-order valence-corrected chi connectivity index (χ4v) is 2.81. The quantitative estimate of drug-likeness (QED) is 0.555. The summed E-state index contributed by atoms with van der Waals surface area (Å²) in [7, 11) is 1.26. The lowest BCUT2D eigenvalue weighted by atomic mass is 10.1. The van der Waals surface area contributed by atoms with Gasteiger partial charge in [0.1, 0.15) is 6.61 Å². The van der Waals surface area contributed by atoms with Crippen LogP contribution >= 0.6 is 0 Å². The van der Waals surface area contributed by atoms with Crippen molar-refractivity contribution in [3.8, 4) is 0 Å². The maximum absolute atomic E-state index is 12.8. The minimum absolute atomic E-state index is 0.0785. The van der Waals surface area contributed by atoms with Crippen LogP contribution in [0.15, 0.2) is 60.7 Å². The van der Waals surface area contributed by atoms with Crippen molar-refractivity contribution in [2.75, 3.05) is 7.11 Å². The first-order chi connectivity index (χ1) is 14.9. The molecule has 7 nitrogen and oxygen atoms in total. The molecule has 7 heteroatoms. The summed E-state index contributed by atoms with van der Waals surface area (Å²) >= 11 is 0. The van der Waals surface area contributed by atoms with Gasteiger partial charge in [-0.2, -0.15) is 0 Å². The van der Waals surface area contributed by atoms with Gasteiger partial charge in [-0.3, -0.25) is 9.59 Å². The smallest absolute Gasteiger partial charge is 0.331 e. The number of nitrogens with one attached hydrogen (secondary N) is 1. The molecule has 2 rings (SSSR count).